The molecule has 0 saturated carbocycles. The quantitative estimate of drug-likeness (QED) is 0.267. The van der Waals surface area contributed by atoms with Crippen molar-refractivity contribution in [2.45, 2.75) is 0 Å². The van der Waals surface area contributed by atoms with E-state index in [9.17, 15) is 0 Å². The topological polar surface area (TPSA) is 174 Å². The largest absolute Gasteiger partial charge is 2.00 e. The monoisotopic (exact) mass is 164 g/mol. The fourth-order valence-electron chi connectivity index (χ4n) is 0. The van der Waals surface area contributed by atoms with Crippen LogP contribution < -0.4 is 0 Å². The van der Waals surface area contributed by atoms with Crippen molar-refractivity contribution >= 4 is 37.7 Å². The molecule has 0 aromatic rings. The Morgan fingerprint density at radius 2 is 0.556 bits per heavy atom. The smallest absolute Gasteiger partial charge is 0.512 e. The number of hydrogen-bond donors (Lipinski definition) is 0. The van der Waals surface area contributed by atoms with Gasteiger partial charge in [-0.2, -0.15) is 0 Å². The van der Waals surface area contributed by atoms with Gasteiger partial charge >= 0.3 is 37.7 Å². The van der Waals surface area contributed by atoms with Crippen molar-refractivity contribution in [3.05, 3.63) is 13.1 Å². The van der Waals surface area contributed by atoms with E-state index in [4.69, 9.17) is 23.7 Å². The van der Waals surface area contributed by atoms with Crippen LogP contribution in [0.2, 0.25) is 0 Å². The zero-order chi connectivity index (χ0) is 4.00. The molecule has 0 amide bonds. The predicted molar refractivity (Wildman–Crippen MR) is 30.1 cm³/mol. The van der Waals surface area contributed by atoms with E-state index in [1.165, 1.54) is 0 Å². The molecule has 0 atom stereocenters. The van der Waals surface area contributed by atoms with Crippen LogP contribution in [0, 0.1) is 23.7 Å². The molecule has 0 aromatic carbocycles. The average Bonchev–Trinajstić information content (AvgIpc) is 1.50. The van der Waals surface area contributed by atoms with Gasteiger partial charge in [0.1, 0.15) is 0 Å². The summed E-state index contributed by atoms with van der Waals surface area (Å²) in [5, 5.41) is 12.5. The van der Waals surface area contributed by atoms with Gasteiger partial charge in [0.2, 0.25) is 0 Å². The van der Waals surface area contributed by atoms with E-state index >= 15 is 0 Å². The van der Waals surface area contributed by atoms with E-state index in [-0.39, 0.29) is 59.6 Å². The van der Waals surface area contributed by atoms with Crippen LogP contribution in [-0.4, -0.2) is 59.6 Å². The van der Waals surface area contributed by atoms with Gasteiger partial charge in [-0.1, -0.05) is 0 Å². The van der Waals surface area contributed by atoms with Gasteiger partial charge in [0.25, 0.3) is 0 Å². The average molecular weight is 164 g/mol. The van der Waals surface area contributed by atoms with Gasteiger partial charge in [-0.15, -0.1) is 0 Å². The van der Waals surface area contributed by atoms with Crippen LogP contribution in [0.3, 0.4) is 0 Å². The molecule has 8 N–H and O–H groups in total. The van der Waals surface area contributed by atoms with Crippen LogP contribution in [-0.2, 0) is 0 Å². The van der Waals surface area contributed by atoms with Crippen molar-refractivity contribution in [1.29, 1.82) is 10.5 Å². The van der Waals surface area contributed by atoms with Crippen molar-refractivity contribution in [3.63, 3.8) is 0 Å². The molecule has 0 aliphatic rings. The Balaban J connectivity index is -0.00000000114. The number of nitrogens with zero attached hydrogens (tertiary/aromatic N) is 2. The fraction of sp³-hybridized carbons (Fsp3) is 0. The summed E-state index contributed by atoms with van der Waals surface area (Å²) < 4.78 is 0. The van der Waals surface area contributed by atoms with Crippen molar-refractivity contribution in [1.82, 2.24) is 0 Å². The van der Waals surface area contributed by atoms with E-state index in [1.54, 1.807) is 0 Å². The molecule has 52 valence electrons. The maximum atomic E-state index is 6.25. The van der Waals surface area contributed by atoms with Gasteiger partial charge in [-0.3, -0.25) is 0 Å². The van der Waals surface area contributed by atoms with E-state index < -0.39 is 0 Å². The van der Waals surface area contributed by atoms with Crippen molar-refractivity contribution in [2.75, 3.05) is 0 Å². The molecule has 0 aliphatic carbocycles. The van der Waals surface area contributed by atoms with E-state index in [1.807, 2.05) is 0 Å². The Morgan fingerprint density at radius 1 is 0.556 bits per heavy atom. The maximum absolute atomic E-state index is 6.25. The first-order valence-corrected chi connectivity index (χ1v) is 0.447. The summed E-state index contributed by atoms with van der Waals surface area (Å²) in [6.07, 6.45) is 0. The summed E-state index contributed by atoms with van der Waals surface area (Å²) in [7, 11) is 0. The fourth-order valence-corrected chi connectivity index (χ4v) is 0. The Labute approximate surface area is 82.9 Å². The summed E-state index contributed by atoms with van der Waals surface area (Å²) in [5.41, 5.74) is 0. The molecule has 0 saturated heterocycles. The minimum atomic E-state index is 0. The third-order valence-electron chi connectivity index (χ3n) is 0. The summed E-state index contributed by atoms with van der Waals surface area (Å²) in [6.45, 7) is 9.50. The Hall–Kier alpha value is 0.0797. The van der Waals surface area contributed by atoms with Gasteiger partial charge in [-0.25, -0.2) is 0 Å². The van der Waals surface area contributed by atoms with Gasteiger partial charge in [0.15, 0.2) is 0 Å². The second-order valence-corrected chi connectivity index (χ2v) is 0. The summed E-state index contributed by atoms with van der Waals surface area (Å²) in [5.74, 6) is 0. The molecule has 0 rings (SSSR count). The van der Waals surface area contributed by atoms with E-state index in [0.29, 0.717) is 0 Å². The van der Waals surface area contributed by atoms with Crippen molar-refractivity contribution in [3.8, 4) is 0 Å². The molecule has 0 radical (unpaired) electrons. The van der Waals surface area contributed by atoms with Gasteiger partial charge in [0.05, 0.1) is 0 Å². The van der Waals surface area contributed by atoms with Crippen LogP contribution in [0.15, 0.2) is 0 Å². The molecule has 9 heavy (non-hydrogen) atoms. The minimum Gasteiger partial charge on any atom is -0.512 e. The second kappa shape index (κ2) is 63700. The summed E-state index contributed by atoms with van der Waals surface area (Å²) in [6, 6.07) is 0. The normalized spacial score (nSPS) is 0.444. The third kappa shape index (κ3) is 47000. The molecular weight excluding hydrogens is 156 g/mol. The van der Waals surface area contributed by atoms with Crippen molar-refractivity contribution < 1.29 is 21.9 Å². The molecule has 0 bridgehead atoms. The second-order valence-electron chi connectivity index (χ2n) is 0. The predicted octanol–water partition coefficient (Wildman–Crippen LogP) is -3.49. The van der Waals surface area contributed by atoms with Gasteiger partial charge in [-0.05, 0) is 0 Å². The van der Waals surface area contributed by atoms with Crippen LogP contribution in [0.4, 0.5) is 0 Å². The van der Waals surface area contributed by atoms with E-state index in [0.717, 1.165) is 0 Å². The van der Waals surface area contributed by atoms with Crippen LogP contribution >= 0.6 is 0 Å². The first-order chi connectivity index (χ1) is 2.00. The van der Waals surface area contributed by atoms with Crippen LogP contribution in [0.25, 0.3) is 0 Å². The van der Waals surface area contributed by atoms with Gasteiger partial charge < -0.3 is 45.6 Å². The van der Waals surface area contributed by atoms with Crippen molar-refractivity contribution in [2.24, 2.45) is 0 Å². The number of hydrogen-bond acceptors (Lipinski definition) is 2. The number of rotatable bonds is 0. The Bertz CT molecular complexity index is 32.0. The minimum absolute atomic E-state index is 0. The van der Waals surface area contributed by atoms with E-state index in [2.05, 4.69) is 0 Å². The first kappa shape index (κ1) is 137. The molecule has 6 nitrogen and oxygen atoms in total. The molecule has 7 heteroatoms. The molecular formula is C2H8CaN2O4. The Kier molecular flexibility index (Phi) is 970000. The third-order valence-corrected chi connectivity index (χ3v) is 0. The van der Waals surface area contributed by atoms with Gasteiger partial charge in [0, 0.05) is 0 Å². The zero-order valence-corrected chi connectivity index (χ0v) is 6.81. The Morgan fingerprint density at radius 3 is 0.556 bits per heavy atom. The molecule has 0 spiro atoms. The van der Waals surface area contributed by atoms with Crippen LogP contribution in [0.1, 0.15) is 0 Å². The SMILES string of the molecule is O.O.O.O.[C-]#N.[C-]#N.[Ca+2]. The molecule has 0 fully saturated rings. The maximum Gasteiger partial charge on any atom is 2.00 e. The molecule has 0 unspecified atom stereocenters. The standard InChI is InChI=1S/2CN.Ca.4H2O/c2*1-2;;;;;/h;;;4*1H2/q2*-1;+2;;;;. The summed E-state index contributed by atoms with van der Waals surface area (Å²) in [4.78, 5) is 0. The van der Waals surface area contributed by atoms with Crippen LogP contribution in [0.5, 0.6) is 0 Å². The molecule has 0 aromatic heterocycles. The molecule has 0 heterocycles. The molecule has 0 aliphatic heterocycles. The summed E-state index contributed by atoms with van der Waals surface area (Å²) >= 11 is 0. The first-order valence-electron chi connectivity index (χ1n) is 0.447. The zero-order valence-electron chi connectivity index (χ0n) is 4.60.